The summed E-state index contributed by atoms with van der Waals surface area (Å²) < 4.78 is 0. The summed E-state index contributed by atoms with van der Waals surface area (Å²) in [7, 11) is 0. The first kappa shape index (κ1) is 19.7. The van der Waals surface area contributed by atoms with Crippen LogP contribution in [-0.4, -0.2) is 12.5 Å². The molecule has 0 atom stereocenters. The SMILES string of the molecule is CCCCCCCCCCCCN(C(=O)CC)c1ccccc1. The van der Waals surface area contributed by atoms with Crippen molar-refractivity contribution in [2.24, 2.45) is 0 Å². The van der Waals surface area contributed by atoms with Crippen molar-refractivity contribution in [2.45, 2.75) is 84.5 Å². The standard InChI is InChI=1S/C21H35NO/c1-3-5-6-7-8-9-10-11-12-16-19-22(21(23)4-2)20-17-14-13-15-18-20/h13-15,17-18H,3-12,16,19H2,1-2H3. The van der Waals surface area contributed by atoms with Gasteiger partial charge in [0.15, 0.2) is 0 Å². The Hall–Kier alpha value is -1.31. The van der Waals surface area contributed by atoms with Crippen molar-refractivity contribution in [2.75, 3.05) is 11.4 Å². The van der Waals surface area contributed by atoms with Crippen LogP contribution in [0.15, 0.2) is 30.3 Å². The number of anilines is 1. The van der Waals surface area contributed by atoms with Crippen molar-refractivity contribution >= 4 is 11.6 Å². The quantitative estimate of drug-likeness (QED) is 0.388. The van der Waals surface area contributed by atoms with Crippen molar-refractivity contribution in [3.8, 4) is 0 Å². The molecule has 1 amide bonds. The highest BCUT2D eigenvalue weighted by molar-refractivity contribution is 5.93. The third-order valence-corrected chi connectivity index (χ3v) is 4.41. The van der Waals surface area contributed by atoms with E-state index in [1.165, 1.54) is 57.8 Å². The Labute approximate surface area is 143 Å². The van der Waals surface area contributed by atoms with E-state index in [9.17, 15) is 4.79 Å². The van der Waals surface area contributed by atoms with Crippen molar-refractivity contribution in [1.82, 2.24) is 0 Å². The van der Waals surface area contributed by atoms with E-state index in [-0.39, 0.29) is 5.91 Å². The number of carbonyl (C=O) groups is 1. The maximum atomic E-state index is 12.1. The molecule has 0 saturated carbocycles. The molecular formula is C21H35NO. The second-order valence-electron chi connectivity index (χ2n) is 6.42. The highest BCUT2D eigenvalue weighted by Gasteiger charge is 2.12. The molecule has 130 valence electrons. The first-order valence-electron chi connectivity index (χ1n) is 9.65. The van der Waals surface area contributed by atoms with Crippen LogP contribution < -0.4 is 4.90 Å². The van der Waals surface area contributed by atoms with E-state index in [0.717, 1.165) is 18.7 Å². The van der Waals surface area contributed by atoms with Gasteiger partial charge in [-0.05, 0) is 18.6 Å². The molecule has 23 heavy (non-hydrogen) atoms. The van der Waals surface area contributed by atoms with Crippen LogP contribution in [-0.2, 0) is 4.79 Å². The molecule has 0 saturated heterocycles. The van der Waals surface area contributed by atoms with Gasteiger partial charge in [0.25, 0.3) is 0 Å². The van der Waals surface area contributed by atoms with Crippen LogP contribution in [0.1, 0.15) is 84.5 Å². The monoisotopic (exact) mass is 317 g/mol. The number of para-hydroxylation sites is 1. The third kappa shape index (κ3) is 8.78. The molecule has 0 heterocycles. The Morgan fingerprint density at radius 2 is 1.30 bits per heavy atom. The molecule has 0 spiro atoms. The predicted molar refractivity (Wildman–Crippen MR) is 101 cm³/mol. The van der Waals surface area contributed by atoms with Gasteiger partial charge in [-0.15, -0.1) is 0 Å². The summed E-state index contributed by atoms with van der Waals surface area (Å²) in [6, 6.07) is 10.1. The maximum absolute atomic E-state index is 12.1. The van der Waals surface area contributed by atoms with Crippen molar-refractivity contribution in [1.29, 1.82) is 0 Å². The summed E-state index contributed by atoms with van der Waals surface area (Å²) in [5.41, 5.74) is 1.04. The molecule has 2 nitrogen and oxygen atoms in total. The number of carbonyl (C=O) groups excluding carboxylic acids is 1. The molecule has 0 aliphatic rings. The van der Waals surface area contributed by atoms with Crippen molar-refractivity contribution < 1.29 is 4.79 Å². The highest BCUT2D eigenvalue weighted by Crippen LogP contribution is 2.16. The fraction of sp³-hybridized carbons (Fsp3) is 0.667. The zero-order valence-corrected chi connectivity index (χ0v) is 15.2. The fourth-order valence-electron chi connectivity index (χ4n) is 2.95. The van der Waals surface area contributed by atoms with Crippen LogP contribution in [0.5, 0.6) is 0 Å². The van der Waals surface area contributed by atoms with E-state index < -0.39 is 0 Å². The lowest BCUT2D eigenvalue weighted by Gasteiger charge is -2.22. The smallest absolute Gasteiger partial charge is 0.226 e. The Bertz CT molecular complexity index is 402. The Morgan fingerprint density at radius 3 is 1.83 bits per heavy atom. The van der Waals surface area contributed by atoms with Gasteiger partial charge in [0, 0.05) is 18.7 Å². The number of amides is 1. The molecule has 1 aromatic rings. The largest absolute Gasteiger partial charge is 0.312 e. The Balaban J connectivity index is 2.15. The highest BCUT2D eigenvalue weighted by atomic mass is 16.2. The van der Waals surface area contributed by atoms with Gasteiger partial charge in [0.1, 0.15) is 0 Å². The average Bonchev–Trinajstić information content (AvgIpc) is 2.60. The number of rotatable bonds is 13. The van der Waals surface area contributed by atoms with E-state index in [1.807, 2.05) is 42.2 Å². The van der Waals surface area contributed by atoms with Gasteiger partial charge in [-0.25, -0.2) is 0 Å². The first-order valence-corrected chi connectivity index (χ1v) is 9.65. The van der Waals surface area contributed by atoms with E-state index in [4.69, 9.17) is 0 Å². The summed E-state index contributed by atoms with van der Waals surface area (Å²) in [4.78, 5) is 14.1. The molecule has 1 aromatic carbocycles. The number of nitrogens with zero attached hydrogens (tertiary/aromatic N) is 1. The van der Waals surface area contributed by atoms with Crippen LogP contribution >= 0.6 is 0 Å². The fourth-order valence-corrected chi connectivity index (χ4v) is 2.95. The van der Waals surface area contributed by atoms with Gasteiger partial charge in [0.2, 0.25) is 5.91 Å². The number of hydrogen-bond donors (Lipinski definition) is 0. The Kier molecular flexibility index (Phi) is 11.3. The average molecular weight is 318 g/mol. The van der Waals surface area contributed by atoms with E-state index in [1.54, 1.807) is 0 Å². The molecule has 0 unspecified atom stereocenters. The number of benzene rings is 1. The topological polar surface area (TPSA) is 20.3 Å². The maximum Gasteiger partial charge on any atom is 0.226 e. The zero-order valence-electron chi connectivity index (χ0n) is 15.2. The van der Waals surface area contributed by atoms with Gasteiger partial charge in [-0.3, -0.25) is 4.79 Å². The predicted octanol–water partition coefficient (Wildman–Crippen LogP) is 6.35. The van der Waals surface area contributed by atoms with Gasteiger partial charge >= 0.3 is 0 Å². The normalized spacial score (nSPS) is 10.7. The lowest BCUT2D eigenvalue weighted by atomic mass is 10.1. The summed E-state index contributed by atoms with van der Waals surface area (Å²) in [6.07, 6.45) is 13.9. The number of hydrogen-bond acceptors (Lipinski definition) is 1. The lowest BCUT2D eigenvalue weighted by molar-refractivity contribution is -0.118. The van der Waals surface area contributed by atoms with Crippen molar-refractivity contribution in [3.05, 3.63) is 30.3 Å². The van der Waals surface area contributed by atoms with E-state index in [0.29, 0.717) is 6.42 Å². The molecule has 0 radical (unpaired) electrons. The van der Waals surface area contributed by atoms with E-state index >= 15 is 0 Å². The second-order valence-corrected chi connectivity index (χ2v) is 6.42. The number of unbranched alkanes of at least 4 members (excludes halogenated alkanes) is 9. The molecule has 0 N–H and O–H groups in total. The molecule has 1 rings (SSSR count). The molecular weight excluding hydrogens is 282 g/mol. The van der Waals surface area contributed by atoms with Crippen LogP contribution in [0.3, 0.4) is 0 Å². The molecule has 0 aliphatic carbocycles. The van der Waals surface area contributed by atoms with E-state index in [2.05, 4.69) is 6.92 Å². The van der Waals surface area contributed by atoms with Gasteiger partial charge < -0.3 is 4.90 Å². The zero-order chi connectivity index (χ0) is 16.8. The molecule has 0 bridgehead atoms. The first-order chi connectivity index (χ1) is 11.3. The lowest BCUT2D eigenvalue weighted by Crippen LogP contribution is -2.31. The van der Waals surface area contributed by atoms with Gasteiger partial charge in [-0.1, -0.05) is 89.8 Å². The minimum atomic E-state index is 0.229. The Morgan fingerprint density at radius 1 is 0.783 bits per heavy atom. The van der Waals surface area contributed by atoms with Gasteiger partial charge in [0.05, 0.1) is 0 Å². The van der Waals surface area contributed by atoms with Crippen LogP contribution in [0, 0.1) is 0 Å². The second kappa shape index (κ2) is 13.2. The minimum absolute atomic E-state index is 0.229. The van der Waals surface area contributed by atoms with Crippen molar-refractivity contribution in [3.63, 3.8) is 0 Å². The van der Waals surface area contributed by atoms with Crippen LogP contribution in [0.4, 0.5) is 5.69 Å². The van der Waals surface area contributed by atoms with Gasteiger partial charge in [-0.2, -0.15) is 0 Å². The molecule has 0 aliphatic heterocycles. The molecule has 0 aromatic heterocycles. The summed E-state index contributed by atoms with van der Waals surface area (Å²) in [5.74, 6) is 0.229. The van der Waals surface area contributed by atoms with Crippen LogP contribution in [0.2, 0.25) is 0 Å². The summed E-state index contributed by atoms with van der Waals surface area (Å²) in [6.45, 7) is 5.06. The third-order valence-electron chi connectivity index (χ3n) is 4.41. The summed E-state index contributed by atoms with van der Waals surface area (Å²) >= 11 is 0. The summed E-state index contributed by atoms with van der Waals surface area (Å²) in [5, 5.41) is 0. The molecule has 2 heteroatoms. The minimum Gasteiger partial charge on any atom is -0.312 e. The molecule has 0 fully saturated rings. The van der Waals surface area contributed by atoms with Crippen LogP contribution in [0.25, 0.3) is 0 Å².